The van der Waals surface area contributed by atoms with Gasteiger partial charge in [0.15, 0.2) is 0 Å². The number of nitrogens with one attached hydrogen (secondary N) is 1. The third kappa shape index (κ3) is 3.72. The minimum atomic E-state index is -0.299. The number of anilines is 1. The van der Waals surface area contributed by atoms with E-state index in [0.717, 1.165) is 16.8 Å². The highest BCUT2D eigenvalue weighted by Gasteiger charge is 2.33. The summed E-state index contributed by atoms with van der Waals surface area (Å²) in [6.07, 6.45) is 0.567. The van der Waals surface area contributed by atoms with Gasteiger partial charge < -0.3 is 5.32 Å². The first-order chi connectivity index (χ1) is 13.2. The zero-order valence-corrected chi connectivity index (χ0v) is 14.5. The quantitative estimate of drug-likeness (QED) is 0.685. The Labute approximate surface area is 157 Å². The first-order valence-electron chi connectivity index (χ1n) is 8.74. The van der Waals surface area contributed by atoms with Crippen LogP contribution in [0.3, 0.4) is 0 Å². The van der Waals surface area contributed by atoms with Crippen LogP contribution in [0.4, 0.5) is 14.9 Å². The molecule has 0 bridgehead atoms. The first-order valence-corrected chi connectivity index (χ1v) is 8.74. The van der Waals surface area contributed by atoms with Gasteiger partial charge in [-0.05, 0) is 35.4 Å². The van der Waals surface area contributed by atoms with E-state index in [9.17, 15) is 9.18 Å². The highest BCUT2D eigenvalue weighted by atomic mass is 19.1. The largest absolute Gasteiger partial charge is 0.342 e. The molecule has 1 atom stereocenters. The topological polar surface area (TPSA) is 44.7 Å². The molecule has 1 aliphatic rings. The van der Waals surface area contributed by atoms with E-state index in [1.54, 1.807) is 12.1 Å². The van der Waals surface area contributed by atoms with Crippen LogP contribution in [0.1, 0.15) is 23.6 Å². The molecule has 3 aromatic rings. The number of rotatable bonds is 3. The van der Waals surface area contributed by atoms with Gasteiger partial charge in [0.05, 0.1) is 11.8 Å². The van der Waals surface area contributed by atoms with Crippen molar-refractivity contribution < 1.29 is 9.18 Å². The Morgan fingerprint density at radius 3 is 2.22 bits per heavy atom. The second-order valence-corrected chi connectivity index (χ2v) is 6.32. The van der Waals surface area contributed by atoms with E-state index < -0.39 is 0 Å². The Bertz CT molecular complexity index is 956. The Morgan fingerprint density at radius 2 is 1.56 bits per heavy atom. The molecule has 4 rings (SSSR count). The van der Waals surface area contributed by atoms with Gasteiger partial charge in [-0.25, -0.2) is 14.2 Å². The maximum absolute atomic E-state index is 13.2. The number of benzene rings is 3. The van der Waals surface area contributed by atoms with E-state index in [-0.39, 0.29) is 17.9 Å². The van der Waals surface area contributed by atoms with Crippen LogP contribution in [-0.4, -0.2) is 16.8 Å². The van der Waals surface area contributed by atoms with Crippen molar-refractivity contribution in [2.75, 3.05) is 5.32 Å². The van der Waals surface area contributed by atoms with E-state index in [1.807, 2.05) is 60.7 Å². The Morgan fingerprint density at radius 1 is 0.926 bits per heavy atom. The summed E-state index contributed by atoms with van der Waals surface area (Å²) in [6, 6.07) is 24.7. The lowest BCUT2D eigenvalue weighted by molar-refractivity contribution is 0.200. The number of carbonyl (C=O) groups excluding carboxylic acids is 1. The van der Waals surface area contributed by atoms with E-state index >= 15 is 0 Å². The fourth-order valence-electron chi connectivity index (χ4n) is 3.15. The predicted molar refractivity (Wildman–Crippen MR) is 104 cm³/mol. The molecule has 3 aromatic carbocycles. The number of halogens is 1. The van der Waals surface area contributed by atoms with E-state index in [2.05, 4.69) is 10.4 Å². The van der Waals surface area contributed by atoms with Gasteiger partial charge in [0.25, 0.3) is 0 Å². The average molecular weight is 359 g/mol. The summed E-state index contributed by atoms with van der Waals surface area (Å²) in [5, 5.41) is 8.92. The lowest BCUT2D eigenvalue weighted by atomic mass is 9.98. The number of urea groups is 1. The van der Waals surface area contributed by atoms with Gasteiger partial charge in [-0.1, -0.05) is 60.7 Å². The summed E-state index contributed by atoms with van der Waals surface area (Å²) < 4.78 is 13.2. The molecule has 134 valence electrons. The lowest BCUT2D eigenvalue weighted by Crippen LogP contribution is -2.31. The SMILES string of the molecule is O=C(Nc1ccccc1)N1N=C(c2ccc(F)cc2)CC1c1ccccc1. The molecule has 0 radical (unpaired) electrons. The predicted octanol–water partition coefficient (Wildman–Crippen LogP) is 5.21. The number of carbonyl (C=O) groups is 1. The van der Waals surface area contributed by atoms with Gasteiger partial charge >= 0.3 is 6.03 Å². The fraction of sp³-hybridized carbons (Fsp3) is 0.0909. The third-order valence-corrected chi connectivity index (χ3v) is 4.51. The number of nitrogens with zero attached hydrogens (tertiary/aromatic N) is 2. The van der Waals surface area contributed by atoms with Crippen LogP contribution in [-0.2, 0) is 0 Å². The molecule has 0 aromatic heterocycles. The summed E-state index contributed by atoms with van der Waals surface area (Å²) >= 11 is 0. The third-order valence-electron chi connectivity index (χ3n) is 4.51. The van der Waals surface area contributed by atoms with Gasteiger partial charge in [-0.3, -0.25) is 0 Å². The summed E-state index contributed by atoms with van der Waals surface area (Å²) in [5.74, 6) is -0.296. The number of hydrazone groups is 1. The van der Waals surface area contributed by atoms with Crippen molar-refractivity contribution in [2.24, 2.45) is 5.10 Å². The molecule has 0 saturated carbocycles. The van der Waals surface area contributed by atoms with Crippen molar-refractivity contribution in [2.45, 2.75) is 12.5 Å². The number of hydrogen-bond acceptors (Lipinski definition) is 2. The van der Waals surface area contributed by atoms with Crippen LogP contribution in [0, 0.1) is 5.82 Å². The fourth-order valence-corrected chi connectivity index (χ4v) is 3.15. The van der Waals surface area contributed by atoms with Crippen LogP contribution < -0.4 is 5.32 Å². The van der Waals surface area contributed by atoms with Crippen LogP contribution >= 0.6 is 0 Å². The van der Waals surface area contributed by atoms with Crippen LogP contribution in [0.2, 0.25) is 0 Å². The number of hydrogen-bond donors (Lipinski definition) is 1. The Kier molecular flexibility index (Phi) is 4.66. The van der Waals surface area contributed by atoms with Crippen LogP contribution in [0.25, 0.3) is 0 Å². The molecule has 1 unspecified atom stereocenters. The van der Waals surface area contributed by atoms with Crippen molar-refractivity contribution in [3.05, 3.63) is 102 Å². The second-order valence-electron chi connectivity index (χ2n) is 6.32. The van der Waals surface area contributed by atoms with Gasteiger partial charge in [-0.2, -0.15) is 5.10 Å². The minimum absolute atomic E-state index is 0.213. The van der Waals surface area contributed by atoms with Gasteiger partial charge in [-0.15, -0.1) is 0 Å². The molecule has 4 nitrogen and oxygen atoms in total. The molecule has 2 amide bonds. The lowest BCUT2D eigenvalue weighted by Gasteiger charge is -2.22. The number of para-hydroxylation sites is 1. The van der Waals surface area contributed by atoms with Crippen molar-refractivity contribution in [1.82, 2.24) is 5.01 Å². The molecule has 27 heavy (non-hydrogen) atoms. The first kappa shape index (κ1) is 17.0. The standard InChI is InChI=1S/C22H18FN3O/c23-18-13-11-16(12-14-18)20-15-21(17-7-3-1-4-8-17)26(25-20)22(27)24-19-9-5-2-6-10-19/h1-14,21H,15H2,(H,24,27). The maximum Gasteiger partial charge on any atom is 0.342 e. The van der Waals surface area contributed by atoms with Crippen molar-refractivity contribution in [1.29, 1.82) is 0 Å². The van der Waals surface area contributed by atoms with Crippen molar-refractivity contribution in [3.63, 3.8) is 0 Å². The summed E-state index contributed by atoms with van der Waals surface area (Å²) in [7, 11) is 0. The zero-order chi connectivity index (χ0) is 18.6. The van der Waals surface area contributed by atoms with Gasteiger partial charge in [0, 0.05) is 12.1 Å². The van der Waals surface area contributed by atoms with Crippen molar-refractivity contribution in [3.8, 4) is 0 Å². The molecule has 0 saturated heterocycles. The molecule has 1 heterocycles. The second kappa shape index (κ2) is 7.41. The van der Waals surface area contributed by atoms with Crippen LogP contribution in [0.15, 0.2) is 90.0 Å². The molecule has 0 aliphatic carbocycles. The monoisotopic (exact) mass is 359 g/mol. The zero-order valence-electron chi connectivity index (χ0n) is 14.5. The van der Waals surface area contributed by atoms with E-state index in [1.165, 1.54) is 17.1 Å². The van der Waals surface area contributed by atoms with Gasteiger partial charge in [0.1, 0.15) is 5.82 Å². The normalized spacial score (nSPS) is 16.1. The van der Waals surface area contributed by atoms with Crippen LogP contribution in [0.5, 0.6) is 0 Å². The average Bonchev–Trinajstić information content (AvgIpc) is 3.16. The number of amides is 2. The van der Waals surface area contributed by atoms with E-state index in [0.29, 0.717) is 12.1 Å². The molecule has 1 N–H and O–H groups in total. The van der Waals surface area contributed by atoms with Crippen molar-refractivity contribution >= 4 is 17.4 Å². The molecule has 0 spiro atoms. The Hall–Kier alpha value is -3.47. The molecular formula is C22H18FN3O. The highest BCUT2D eigenvalue weighted by Crippen LogP contribution is 2.33. The molecule has 0 fully saturated rings. The molecule has 1 aliphatic heterocycles. The van der Waals surface area contributed by atoms with E-state index in [4.69, 9.17) is 0 Å². The molecular weight excluding hydrogens is 341 g/mol. The minimum Gasteiger partial charge on any atom is -0.306 e. The summed E-state index contributed by atoms with van der Waals surface area (Å²) in [6.45, 7) is 0. The maximum atomic E-state index is 13.2. The smallest absolute Gasteiger partial charge is 0.306 e. The molecule has 5 heteroatoms. The Balaban J connectivity index is 1.65. The summed E-state index contributed by atoms with van der Waals surface area (Å²) in [5.41, 5.74) is 3.28. The van der Waals surface area contributed by atoms with Gasteiger partial charge in [0.2, 0.25) is 0 Å². The summed E-state index contributed by atoms with van der Waals surface area (Å²) in [4.78, 5) is 12.9. The highest BCUT2D eigenvalue weighted by molar-refractivity contribution is 6.04.